The molecule has 0 radical (unpaired) electrons. The first-order valence-electron chi connectivity index (χ1n) is 6.11. The molecule has 0 saturated heterocycles. The predicted octanol–water partition coefficient (Wildman–Crippen LogP) is 2.12. The highest BCUT2D eigenvalue weighted by Gasteiger charge is 2.17. The first-order valence-corrected chi connectivity index (χ1v) is 6.11. The highest BCUT2D eigenvalue weighted by molar-refractivity contribution is 5.95. The lowest BCUT2D eigenvalue weighted by molar-refractivity contribution is -0.384. The molecule has 0 heterocycles. The van der Waals surface area contributed by atoms with Crippen molar-refractivity contribution in [2.45, 2.75) is 13.3 Å². The molecule has 1 rings (SSSR count). The Morgan fingerprint density at radius 1 is 1.45 bits per heavy atom. The molecule has 0 unspecified atom stereocenters. The molecule has 6 nitrogen and oxygen atoms in total. The zero-order valence-electron chi connectivity index (χ0n) is 11.8. The Hall–Kier alpha value is -2.55. The molecular formula is C14H17N3O3. The number of hydrogen-bond donors (Lipinski definition) is 1. The zero-order valence-corrected chi connectivity index (χ0v) is 11.8. The van der Waals surface area contributed by atoms with Gasteiger partial charge in [-0.1, -0.05) is 0 Å². The summed E-state index contributed by atoms with van der Waals surface area (Å²) in [6, 6.07) is 4.29. The Morgan fingerprint density at radius 3 is 2.70 bits per heavy atom. The first kappa shape index (κ1) is 15.5. The van der Waals surface area contributed by atoms with Crippen LogP contribution in [0.1, 0.15) is 23.7 Å². The molecular weight excluding hydrogens is 258 g/mol. The van der Waals surface area contributed by atoms with Gasteiger partial charge in [-0.25, -0.2) is 0 Å². The fraction of sp³-hybridized carbons (Fsp3) is 0.357. The van der Waals surface area contributed by atoms with Gasteiger partial charge in [0.1, 0.15) is 5.69 Å². The number of hydrogen-bond acceptors (Lipinski definition) is 4. The van der Waals surface area contributed by atoms with Crippen molar-refractivity contribution >= 4 is 17.3 Å². The first-order chi connectivity index (χ1) is 9.47. The van der Waals surface area contributed by atoms with E-state index in [1.807, 2.05) is 0 Å². The van der Waals surface area contributed by atoms with E-state index in [0.717, 1.165) is 0 Å². The number of nitro benzene ring substituents is 1. The van der Waals surface area contributed by atoms with Crippen LogP contribution in [0.3, 0.4) is 0 Å². The summed E-state index contributed by atoms with van der Waals surface area (Å²) in [5.41, 5.74) is 0.690. The van der Waals surface area contributed by atoms with Crippen LogP contribution < -0.4 is 5.32 Å². The van der Waals surface area contributed by atoms with E-state index in [0.29, 0.717) is 24.2 Å². The predicted molar refractivity (Wildman–Crippen MR) is 77.7 cm³/mol. The van der Waals surface area contributed by atoms with Crippen LogP contribution in [0.5, 0.6) is 0 Å². The molecule has 1 N–H and O–H groups in total. The van der Waals surface area contributed by atoms with Gasteiger partial charge in [-0.05, 0) is 19.1 Å². The summed E-state index contributed by atoms with van der Waals surface area (Å²) < 4.78 is 0. The van der Waals surface area contributed by atoms with Crippen LogP contribution >= 0.6 is 0 Å². The molecule has 1 aromatic carbocycles. The van der Waals surface area contributed by atoms with E-state index in [4.69, 9.17) is 0 Å². The summed E-state index contributed by atoms with van der Waals surface area (Å²) >= 11 is 0. The maximum Gasteiger partial charge on any atom is 0.292 e. The van der Waals surface area contributed by atoms with Crippen molar-refractivity contribution in [3.63, 3.8) is 0 Å². The maximum absolute atomic E-state index is 11.9. The Morgan fingerprint density at radius 2 is 2.15 bits per heavy atom. The minimum absolute atomic E-state index is 0.0511. The molecule has 0 fully saturated rings. The molecule has 1 aromatic rings. The van der Waals surface area contributed by atoms with Crippen LogP contribution in [0.15, 0.2) is 18.2 Å². The topological polar surface area (TPSA) is 75.5 Å². The molecule has 0 aliphatic carbocycles. The Labute approximate surface area is 117 Å². The van der Waals surface area contributed by atoms with Crippen LogP contribution in [0, 0.1) is 22.0 Å². The second-order valence-electron chi connectivity index (χ2n) is 4.29. The van der Waals surface area contributed by atoms with Gasteiger partial charge in [-0.2, -0.15) is 0 Å². The maximum atomic E-state index is 11.9. The van der Waals surface area contributed by atoms with Crippen LogP contribution in [0.2, 0.25) is 0 Å². The average Bonchev–Trinajstić information content (AvgIpc) is 2.42. The van der Waals surface area contributed by atoms with Crippen molar-refractivity contribution in [3.05, 3.63) is 33.9 Å². The van der Waals surface area contributed by atoms with E-state index in [2.05, 4.69) is 17.2 Å². The molecule has 0 aliphatic rings. The largest absolute Gasteiger partial charge is 0.379 e. The van der Waals surface area contributed by atoms with Gasteiger partial charge in [0.05, 0.1) is 4.92 Å². The number of amides is 1. The Balaban J connectivity index is 3.01. The van der Waals surface area contributed by atoms with E-state index in [1.54, 1.807) is 21.0 Å². The fourth-order valence-corrected chi connectivity index (χ4v) is 1.61. The van der Waals surface area contributed by atoms with Crippen molar-refractivity contribution < 1.29 is 9.72 Å². The van der Waals surface area contributed by atoms with Crippen molar-refractivity contribution in [1.82, 2.24) is 4.90 Å². The minimum atomic E-state index is -0.474. The lowest BCUT2D eigenvalue weighted by Crippen LogP contribution is -2.21. The SMILES string of the molecule is CC#CCCNc1cc(C(=O)N(C)C)ccc1[N+](=O)[O-]. The fourth-order valence-electron chi connectivity index (χ4n) is 1.61. The highest BCUT2D eigenvalue weighted by Crippen LogP contribution is 2.25. The number of nitrogens with one attached hydrogen (secondary N) is 1. The standard InChI is InChI=1S/C14H17N3O3/c1-4-5-6-9-15-12-10-11(14(18)16(2)3)7-8-13(12)17(19)20/h7-8,10,15H,6,9H2,1-3H3. The molecule has 0 spiro atoms. The summed E-state index contributed by atoms with van der Waals surface area (Å²) in [6.45, 7) is 2.22. The number of rotatable bonds is 5. The molecule has 6 heteroatoms. The summed E-state index contributed by atoms with van der Waals surface area (Å²) in [5, 5.41) is 13.9. The van der Waals surface area contributed by atoms with E-state index in [1.165, 1.54) is 23.1 Å². The number of carbonyl (C=O) groups excluding carboxylic acids is 1. The molecule has 0 bridgehead atoms. The molecule has 0 aromatic heterocycles. The molecule has 1 amide bonds. The van der Waals surface area contributed by atoms with Gasteiger partial charge < -0.3 is 10.2 Å². The second kappa shape index (κ2) is 7.14. The zero-order chi connectivity index (χ0) is 15.1. The Kier molecular flexibility index (Phi) is 5.54. The van der Waals surface area contributed by atoms with Gasteiger partial charge >= 0.3 is 0 Å². The van der Waals surface area contributed by atoms with Gasteiger partial charge in [-0.3, -0.25) is 14.9 Å². The van der Waals surface area contributed by atoms with Crippen molar-refractivity contribution in [2.75, 3.05) is 26.0 Å². The molecule has 0 saturated carbocycles. The van der Waals surface area contributed by atoms with Crippen LogP contribution in [0.25, 0.3) is 0 Å². The van der Waals surface area contributed by atoms with Gasteiger partial charge in [0.2, 0.25) is 0 Å². The summed E-state index contributed by atoms with van der Waals surface area (Å²) in [4.78, 5) is 23.8. The monoisotopic (exact) mass is 275 g/mol. The second-order valence-corrected chi connectivity index (χ2v) is 4.29. The number of benzene rings is 1. The van der Waals surface area contributed by atoms with Crippen LogP contribution in [0.4, 0.5) is 11.4 Å². The normalized spacial score (nSPS) is 9.35. The van der Waals surface area contributed by atoms with Gasteiger partial charge in [0, 0.05) is 38.7 Å². The third kappa shape index (κ3) is 3.99. The highest BCUT2D eigenvalue weighted by atomic mass is 16.6. The van der Waals surface area contributed by atoms with E-state index >= 15 is 0 Å². The van der Waals surface area contributed by atoms with E-state index < -0.39 is 4.92 Å². The van der Waals surface area contributed by atoms with E-state index in [9.17, 15) is 14.9 Å². The van der Waals surface area contributed by atoms with Crippen molar-refractivity contribution in [2.24, 2.45) is 0 Å². The van der Waals surface area contributed by atoms with Gasteiger partial charge in [0.25, 0.3) is 11.6 Å². The van der Waals surface area contributed by atoms with Gasteiger partial charge in [-0.15, -0.1) is 11.8 Å². The average molecular weight is 275 g/mol. The molecule has 0 aliphatic heterocycles. The quantitative estimate of drug-likeness (QED) is 0.386. The van der Waals surface area contributed by atoms with Crippen LogP contribution in [-0.2, 0) is 0 Å². The number of anilines is 1. The summed E-state index contributed by atoms with van der Waals surface area (Å²) in [7, 11) is 3.27. The third-order valence-electron chi connectivity index (χ3n) is 2.59. The number of carbonyl (C=O) groups is 1. The summed E-state index contributed by atoms with van der Waals surface area (Å²) in [6.07, 6.45) is 0.583. The van der Waals surface area contributed by atoms with Crippen molar-refractivity contribution in [1.29, 1.82) is 0 Å². The summed E-state index contributed by atoms with van der Waals surface area (Å²) in [5.74, 6) is 5.42. The lowest BCUT2D eigenvalue weighted by atomic mass is 10.1. The molecule has 20 heavy (non-hydrogen) atoms. The van der Waals surface area contributed by atoms with Crippen LogP contribution in [-0.4, -0.2) is 36.4 Å². The number of nitrogens with zero attached hydrogens (tertiary/aromatic N) is 2. The number of nitro groups is 1. The van der Waals surface area contributed by atoms with E-state index in [-0.39, 0.29) is 11.6 Å². The third-order valence-corrected chi connectivity index (χ3v) is 2.59. The van der Waals surface area contributed by atoms with Crippen molar-refractivity contribution in [3.8, 4) is 11.8 Å². The molecule has 106 valence electrons. The lowest BCUT2D eigenvalue weighted by Gasteiger charge is -2.12. The molecule has 0 atom stereocenters. The minimum Gasteiger partial charge on any atom is -0.379 e. The Bertz CT molecular complexity index is 571. The van der Waals surface area contributed by atoms with Gasteiger partial charge in [0.15, 0.2) is 0 Å². The smallest absolute Gasteiger partial charge is 0.292 e.